The molecule has 0 fully saturated rings. The number of nitrogens with zero attached hydrogens (tertiary/aromatic N) is 1. The second kappa shape index (κ2) is 7.83. The predicted octanol–water partition coefficient (Wildman–Crippen LogP) is 3.29. The standard InChI is InChI=1S/C16H27NO4S/c1-7-12(3)17(13(4)8-2)22(18,19)16-11-14(20-5)9-10-15(16)21-6/h9-13H,7-8H2,1-6H3. The number of rotatable bonds is 8. The molecule has 6 heteroatoms. The van der Waals surface area contributed by atoms with Gasteiger partial charge in [0.25, 0.3) is 0 Å². The Hall–Kier alpha value is -1.27. The molecule has 0 aromatic heterocycles. The summed E-state index contributed by atoms with van der Waals surface area (Å²) in [7, 11) is -0.688. The van der Waals surface area contributed by atoms with Gasteiger partial charge in [0.1, 0.15) is 16.4 Å². The van der Waals surface area contributed by atoms with Gasteiger partial charge in [-0.25, -0.2) is 8.42 Å². The minimum atomic E-state index is -3.67. The van der Waals surface area contributed by atoms with Crippen LogP contribution in [0.25, 0.3) is 0 Å². The van der Waals surface area contributed by atoms with Crippen molar-refractivity contribution in [2.24, 2.45) is 0 Å². The van der Waals surface area contributed by atoms with Crippen molar-refractivity contribution >= 4 is 10.0 Å². The Kier molecular flexibility index (Phi) is 6.68. The monoisotopic (exact) mass is 329 g/mol. The molecule has 0 aliphatic carbocycles. The molecule has 0 N–H and O–H groups in total. The normalized spacial score (nSPS) is 14.7. The Balaban J connectivity index is 3.48. The fourth-order valence-corrected chi connectivity index (χ4v) is 4.51. The highest BCUT2D eigenvalue weighted by atomic mass is 32.2. The van der Waals surface area contributed by atoms with Crippen molar-refractivity contribution in [3.05, 3.63) is 18.2 Å². The van der Waals surface area contributed by atoms with Crippen molar-refractivity contribution in [3.8, 4) is 11.5 Å². The zero-order valence-corrected chi connectivity index (χ0v) is 15.1. The van der Waals surface area contributed by atoms with Crippen LogP contribution in [-0.4, -0.2) is 39.0 Å². The van der Waals surface area contributed by atoms with E-state index in [0.717, 1.165) is 12.8 Å². The van der Waals surface area contributed by atoms with E-state index >= 15 is 0 Å². The van der Waals surface area contributed by atoms with Crippen LogP contribution in [0.5, 0.6) is 11.5 Å². The summed E-state index contributed by atoms with van der Waals surface area (Å²) >= 11 is 0. The summed E-state index contributed by atoms with van der Waals surface area (Å²) in [6.45, 7) is 7.82. The van der Waals surface area contributed by atoms with Gasteiger partial charge >= 0.3 is 0 Å². The van der Waals surface area contributed by atoms with Gasteiger partial charge < -0.3 is 9.47 Å². The molecule has 0 amide bonds. The van der Waals surface area contributed by atoms with Gasteiger partial charge in [-0.15, -0.1) is 0 Å². The van der Waals surface area contributed by atoms with Gasteiger partial charge in [0, 0.05) is 18.2 Å². The summed E-state index contributed by atoms with van der Waals surface area (Å²) in [5.41, 5.74) is 0. The van der Waals surface area contributed by atoms with E-state index in [1.807, 2.05) is 27.7 Å². The quantitative estimate of drug-likeness (QED) is 0.734. The largest absolute Gasteiger partial charge is 0.497 e. The Morgan fingerprint density at radius 1 is 1.05 bits per heavy atom. The summed E-state index contributed by atoms with van der Waals surface area (Å²) in [5.74, 6) is 0.824. The lowest BCUT2D eigenvalue weighted by molar-refractivity contribution is 0.261. The Morgan fingerprint density at radius 2 is 1.59 bits per heavy atom. The molecular weight excluding hydrogens is 302 g/mol. The molecule has 1 rings (SSSR count). The maximum atomic E-state index is 13.2. The maximum Gasteiger partial charge on any atom is 0.247 e. The molecule has 0 bridgehead atoms. The van der Waals surface area contributed by atoms with Gasteiger partial charge in [-0.05, 0) is 38.8 Å². The van der Waals surface area contributed by atoms with Gasteiger partial charge in [-0.1, -0.05) is 13.8 Å². The summed E-state index contributed by atoms with van der Waals surface area (Å²) in [5, 5.41) is 0. The van der Waals surface area contributed by atoms with Crippen LogP contribution in [0.1, 0.15) is 40.5 Å². The van der Waals surface area contributed by atoms with E-state index in [1.54, 1.807) is 16.4 Å². The van der Waals surface area contributed by atoms with Crippen LogP contribution >= 0.6 is 0 Å². The van der Waals surface area contributed by atoms with Crippen LogP contribution in [0.2, 0.25) is 0 Å². The third kappa shape index (κ3) is 3.73. The second-order valence-corrected chi connectivity index (χ2v) is 7.18. The molecule has 0 heterocycles. The molecule has 2 atom stereocenters. The molecule has 0 radical (unpaired) electrons. The highest BCUT2D eigenvalue weighted by Crippen LogP contribution is 2.33. The number of ether oxygens (including phenoxy) is 2. The topological polar surface area (TPSA) is 55.8 Å². The molecular formula is C16H27NO4S. The van der Waals surface area contributed by atoms with Crippen molar-refractivity contribution in [1.82, 2.24) is 4.31 Å². The lowest BCUT2D eigenvalue weighted by Gasteiger charge is -2.33. The van der Waals surface area contributed by atoms with Gasteiger partial charge in [0.15, 0.2) is 0 Å². The number of hydrogen-bond acceptors (Lipinski definition) is 4. The molecule has 126 valence electrons. The van der Waals surface area contributed by atoms with E-state index in [2.05, 4.69) is 0 Å². The average Bonchev–Trinajstić information content (AvgIpc) is 2.53. The maximum absolute atomic E-state index is 13.2. The molecule has 0 saturated carbocycles. The minimum absolute atomic E-state index is 0.0872. The van der Waals surface area contributed by atoms with E-state index in [0.29, 0.717) is 11.5 Å². The summed E-state index contributed by atoms with van der Waals surface area (Å²) in [4.78, 5) is 0.148. The van der Waals surface area contributed by atoms with E-state index in [1.165, 1.54) is 20.3 Å². The molecule has 1 aromatic carbocycles. The predicted molar refractivity (Wildman–Crippen MR) is 88.1 cm³/mol. The number of hydrogen-bond donors (Lipinski definition) is 0. The lowest BCUT2D eigenvalue weighted by atomic mass is 10.2. The van der Waals surface area contributed by atoms with Crippen LogP contribution in [0.4, 0.5) is 0 Å². The highest BCUT2D eigenvalue weighted by Gasteiger charge is 2.34. The van der Waals surface area contributed by atoms with Crippen molar-refractivity contribution < 1.29 is 17.9 Å². The summed E-state index contributed by atoms with van der Waals surface area (Å²) in [6, 6.07) is 4.66. The van der Waals surface area contributed by atoms with Gasteiger partial charge in [-0.3, -0.25) is 0 Å². The van der Waals surface area contributed by atoms with Crippen LogP contribution < -0.4 is 9.47 Å². The summed E-state index contributed by atoms with van der Waals surface area (Å²) < 4.78 is 38.3. The van der Waals surface area contributed by atoms with E-state index < -0.39 is 10.0 Å². The number of benzene rings is 1. The average molecular weight is 329 g/mol. The third-order valence-corrected chi connectivity index (χ3v) is 6.13. The zero-order valence-electron chi connectivity index (χ0n) is 14.3. The smallest absolute Gasteiger partial charge is 0.247 e. The Morgan fingerprint density at radius 3 is 2.00 bits per heavy atom. The fourth-order valence-electron chi connectivity index (χ4n) is 2.37. The molecule has 0 spiro atoms. The van der Waals surface area contributed by atoms with E-state index in [4.69, 9.17) is 9.47 Å². The molecule has 5 nitrogen and oxygen atoms in total. The first-order valence-electron chi connectivity index (χ1n) is 7.58. The van der Waals surface area contributed by atoms with E-state index in [-0.39, 0.29) is 17.0 Å². The third-order valence-electron chi connectivity index (χ3n) is 3.98. The molecule has 0 saturated heterocycles. The molecule has 2 unspecified atom stereocenters. The van der Waals surface area contributed by atoms with Crippen LogP contribution in [0.3, 0.4) is 0 Å². The molecule has 0 aliphatic rings. The lowest BCUT2D eigenvalue weighted by Crippen LogP contribution is -2.44. The highest BCUT2D eigenvalue weighted by molar-refractivity contribution is 7.89. The second-order valence-electron chi connectivity index (χ2n) is 5.37. The first-order valence-corrected chi connectivity index (χ1v) is 9.02. The van der Waals surface area contributed by atoms with Gasteiger partial charge in [-0.2, -0.15) is 4.31 Å². The SMILES string of the molecule is CCC(C)N(C(C)CC)S(=O)(=O)c1cc(OC)ccc1OC. The minimum Gasteiger partial charge on any atom is -0.497 e. The zero-order chi connectivity index (χ0) is 16.9. The first kappa shape index (κ1) is 18.8. The number of sulfonamides is 1. The van der Waals surface area contributed by atoms with Gasteiger partial charge in [0.05, 0.1) is 14.2 Å². The number of methoxy groups -OCH3 is 2. The van der Waals surface area contributed by atoms with Crippen LogP contribution in [0.15, 0.2) is 23.1 Å². The fraction of sp³-hybridized carbons (Fsp3) is 0.625. The van der Waals surface area contributed by atoms with Crippen LogP contribution in [-0.2, 0) is 10.0 Å². The summed E-state index contributed by atoms with van der Waals surface area (Å²) in [6.07, 6.45) is 1.49. The Bertz CT molecular complexity index is 576. The molecule has 1 aromatic rings. The Labute approximate surface area is 134 Å². The molecule has 0 aliphatic heterocycles. The van der Waals surface area contributed by atoms with Gasteiger partial charge in [0.2, 0.25) is 10.0 Å². The van der Waals surface area contributed by atoms with Crippen molar-refractivity contribution in [3.63, 3.8) is 0 Å². The van der Waals surface area contributed by atoms with Crippen molar-refractivity contribution in [2.45, 2.75) is 57.5 Å². The van der Waals surface area contributed by atoms with Crippen LogP contribution in [0, 0.1) is 0 Å². The van der Waals surface area contributed by atoms with E-state index in [9.17, 15) is 8.42 Å². The van der Waals surface area contributed by atoms with Crippen molar-refractivity contribution in [2.75, 3.05) is 14.2 Å². The first-order chi connectivity index (χ1) is 10.3. The molecule has 22 heavy (non-hydrogen) atoms. The van der Waals surface area contributed by atoms with Crippen molar-refractivity contribution in [1.29, 1.82) is 0 Å².